The number of hydrogen-bond acceptors (Lipinski definition) is 4. The van der Waals surface area contributed by atoms with E-state index in [1.807, 2.05) is 73.1 Å². The molecule has 0 aliphatic carbocycles. The summed E-state index contributed by atoms with van der Waals surface area (Å²) in [5, 5.41) is 5.67. The molecule has 4 aromatic heterocycles. The number of rotatable bonds is 3. The van der Waals surface area contributed by atoms with Crippen molar-refractivity contribution in [3.8, 4) is 22.5 Å². The summed E-state index contributed by atoms with van der Waals surface area (Å²) in [6, 6.07) is 39.0. The van der Waals surface area contributed by atoms with Crippen molar-refractivity contribution in [3.63, 3.8) is 0 Å². The SMILES string of the molecule is C[Si](C)(C)c1ccc(-c2[c-]cccc2)nc1.Cc1ccc2c(c1)oc1c(-c3cc4oc5ccccc5c4cn3)[c-]ccc12.[Ir]. The predicted octanol–water partition coefficient (Wildman–Crippen LogP) is 9.75. The summed E-state index contributed by atoms with van der Waals surface area (Å²) in [7, 11) is -1.23. The van der Waals surface area contributed by atoms with E-state index in [9.17, 15) is 0 Å². The van der Waals surface area contributed by atoms with Crippen molar-refractivity contribution in [2.45, 2.75) is 26.6 Å². The second-order valence-electron chi connectivity index (χ2n) is 11.8. The van der Waals surface area contributed by atoms with Gasteiger partial charge in [-0.15, -0.1) is 54.1 Å². The van der Waals surface area contributed by atoms with Gasteiger partial charge >= 0.3 is 0 Å². The maximum atomic E-state index is 6.19. The number of pyridine rings is 2. The van der Waals surface area contributed by atoms with E-state index in [2.05, 4.69) is 85.1 Å². The van der Waals surface area contributed by atoms with Gasteiger partial charge < -0.3 is 18.8 Å². The third-order valence-electron chi connectivity index (χ3n) is 7.72. The van der Waals surface area contributed by atoms with Crippen LogP contribution < -0.4 is 5.19 Å². The number of hydrogen-bond donors (Lipinski definition) is 0. The Hall–Kier alpha value is -4.35. The Balaban J connectivity index is 0.000000174. The number of aromatic nitrogens is 2. The molecule has 44 heavy (non-hydrogen) atoms. The summed E-state index contributed by atoms with van der Waals surface area (Å²) in [4.78, 5) is 9.20. The van der Waals surface area contributed by atoms with E-state index in [0.717, 1.165) is 66.4 Å². The van der Waals surface area contributed by atoms with Crippen molar-refractivity contribution in [1.29, 1.82) is 0 Å². The molecular weight excluding hydrogens is 737 g/mol. The zero-order valence-electron chi connectivity index (χ0n) is 24.9. The molecule has 0 aliphatic heterocycles. The Morgan fingerprint density at radius 3 is 2.16 bits per heavy atom. The molecule has 219 valence electrons. The fraction of sp³-hybridized carbons (Fsp3) is 0.105. The van der Waals surface area contributed by atoms with Crippen LogP contribution in [-0.4, -0.2) is 18.0 Å². The number of aryl methyl sites for hydroxylation is 1. The predicted molar refractivity (Wildman–Crippen MR) is 179 cm³/mol. The van der Waals surface area contributed by atoms with Crippen LogP contribution in [0.1, 0.15) is 5.56 Å². The summed E-state index contributed by atoms with van der Waals surface area (Å²) in [5.74, 6) is 0. The molecule has 8 aromatic rings. The van der Waals surface area contributed by atoms with Crippen LogP contribution in [0.3, 0.4) is 0 Å². The molecule has 0 bridgehead atoms. The second kappa shape index (κ2) is 12.0. The van der Waals surface area contributed by atoms with E-state index in [-0.39, 0.29) is 20.1 Å². The van der Waals surface area contributed by atoms with E-state index < -0.39 is 8.07 Å². The molecule has 0 fully saturated rings. The first kappa shape index (κ1) is 29.7. The van der Waals surface area contributed by atoms with E-state index in [0.29, 0.717) is 0 Å². The molecule has 4 heterocycles. The molecule has 0 N–H and O–H groups in total. The minimum atomic E-state index is -1.23. The van der Waals surface area contributed by atoms with Crippen molar-refractivity contribution >= 4 is 57.1 Å². The van der Waals surface area contributed by atoms with Crippen molar-refractivity contribution < 1.29 is 28.9 Å². The molecule has 0 atom stereocenters. The smallest absolute Gasteiger partial charge is 0.135 e. The monoisotopic (exact) mass is 767 g/mol. The van der Waals surface area contributed by atoms with Crippen molar-refractivity contribution in [1.82, 2.24) is 9.97 Å². The minimum absolute atomic E-state index is 0. The molecule has 4 aromatic carbocycles. The van der Waals surface area contributed by atoms with Crippen LogP contribution in [0.2, 0.25) is 19.6 Å². The third kappa shape index (κ3) is 5.64. The molecule has 4 nitrogen and oxygen atoms in total. The largest absolute Gasteiger partial charge is 0.501 e. The summed E-state index contributed by atoms with van der Waals surface area (Å²) in [6.45, 7) is 9.06. The first-order valence-electron chi connectivity index (χ1n) is 14.4. The Morgan fingerprint density at radius 2 is 1.39 bits per heavy atom. The van der Waals surface area contributed by atoms with Crippen LogP contribution in [0, 0.1) is 19.1 Å². The van der Waals surface area contributed by atoms with Gasteiger partial charge in [0.25, 0.3) is 0 Å². The van der Waals surface area contributed by atoms with Gasteiger partial charge in [0.1, 0.15) is 16.7 Å². The summed E-state index contributed by atoms with van der Waals surface area (Å²) in [6.07, 6.45) is 3.89. The van der Waals surface area contributed by atoms with E-state index in [1.165, 1.54) is 10.8 Å². The van der Waals surface area contributed by atoms with Crippen LogP contribution in [0.25, 0.3) is 66.4 Å². The molecular formula is C38H30IrN2O2Si-2. The fourth-order valence-electron chi connectivity index (χ4n) is 5.35. The van der Waals surface area contributed by atoms with Gasteiger partial charge in [0.05, 0.1) is 13.7 Å². The topological polar surface area (TPSA) is 52.1 Å². The second-order valence-corrected chi connectivity index (χ2v) is 16.9. The molecule has 0 saturated heterocycles. The third-order valence-corrected chi connectivity index (χ3v) is 9.75. The Morgan fingerprint density at radius 1 is 0.614 bits per heavy atom. The number of fused-ring (bicyclic) bond motifs is 6. The van der Waals surface area contributed by atoms with Gasteiger partial charge in [0, 0.05) is 48.7 Å². The van der Waals surface area contributed by atoms with Gasteiger partial charge in [-0.2, -0.15) is 0 Å². The zero-order valence-corrected chi connectivity index (χ0v) is 28.3. The van der Waals surface area contributed by atoms with Crippen molar-refractivity contribution in [2.75, 3.05) is 0 Å². The molecule has 0 amide bonds. The van der Waals surface area contributed by atoms with Crippen LogP contribution in [0.5, 0.6) is 0 Å². The van der Waals surface area contributed by atoms with Crippen LogP contribution >= 0.6 is 0 Å². The number of nitrogens with zero attached hydrogens (tertiary/aromatic N) is 2. The van der Waals surface area contributed by atoms with Gasteiger partial charge in [0.15, 0.2) is 0 Å². The Bertz CT molecular complexity index is 2230. The molecule has 0 aliphatic rings. The maximum Gasteiger partial charge on any atom is 0.135 e. The van der Waals surface area contributed by atoms with Gasteiger partial charge in [-0.3, -0.25) is 0 Å². The molecule has 1 radical (unpaired) electrons. The zero-order chi connectivity index (χ0) is 29.6. The first-order valence-corrected chi connectivity index (χ1v) is 17.9. The van der Waals surface area contributed by atoms with Crippen molar-refractivity contribution in [2.24, 2.45) is 0 Å². The van der Waals surface area contributed by atoms with Crippen LogP contribution in [-0.2, 0) is 20.1 Å². The molecule has 0 saturated carbocycles. The number of para-hydroxylation sites is 1. The number of furan rings is 2. The van der Waals surface area contributed by atoms with Crippen LogP contribution in [0.4, 0.5) is 0 Å². The maximum absolute atomic E-state index is 6.19. The standard InChI is InChI=1S/C24H14NO2.C14H16NSi.Ir/c1-14-9-10-16-17-6-4-7-18(24(17)27-22(16)11-14)20-12-23-19(13-25-20)15-5-2-3-8-21(15)26-23;1-16(2,3)13-9-10-14(15-11-13)12-7-5-4-6-8-12;/h2-6,8-13H,1H3;4-7,9-11H,1-3H3;/q2*-1;. The van der Waals surface area contributed by atoms with Gasteiger partial charge in [-0.1, -0.05) is 73.1 Å². The van der Waals surface area contributed by atoms with Gasteiger partial charge in [0.2, 0.25) is 0 Å². The average Bonchev–Trinajstić information content (AvgIpc) is 3.58. The molecule has 6 heteroatoms. The Kier molecular flexibility index (Phi) is 8.08. The summed E-state index contributed by atoms with van der Waals surface area (Å²) in [5.41, 5.74) is 8.26. The van der Waals surface area contributed by atoms with Crippen molar-refractivity contribution in [3.05, 3.63) is 127 Å². The average molecular weight is 767 g/mol. The minimum Gasteiger partial charge on any atom is -0.501 e. The van der Waals surface area contributed by atoms with E-state index in [1.54, 1.807) is 0 Å². The fourth-order valence-corrected chi connectivity index (χ4v) is 6.38. The summed E-state index contributed by atoms with van der Waals surface area (Å²) < 4.78 is 12.2. The number of benzene rings is 4. The summed E-state index contributed by atoms with van der Waals surface area (Å²) >= 11 is 0. The molecule has 0 spiro atoms. The normalized spacial score (nSPS) is 11.5. The molecule has 0 unspecified atom stereocenters. The quantitative estimate of drug-likeness (QED) is 0.133. The van der Waals surface area contributed by atoms with Crippen LogP contribution in [0.15, 0.2) is 118 Å². The van der Waals surface area contributed by atoms with Gasteiger partial charge in [-0.25, -0.2) is 0 Å². The Labute approximate surface area is 271 Å². The molecule has 8 rings (SSSR count). The van der Waals surface area contributed by atoms with E-state index >= 15 is 0 Å². The van der Waals surface area contributed by atoms with Gasteiger partial charge in [-0.05, 0) is 47.3 Å². The first-order chi connectivity index (χ1) is 20.8. The van der Waals surface area contributed by atoms with E-state index in [4.69, 9.17) is 8.83 Å².